The van der Waals surface area contributed by atoms with Crippen LogP contribution in [0.1, 0.15) is 10.4 Å². The summed E-state index contributed by atoms with van der Waals surface area (Å²) in [5.74, 6) is -0.175. The summed E-state index contributed by atoms with van der Waals surface area (Å²) in [6, 6.07) is 10.0. The first-order valence-electron chi connectivity index (χ1n) is 7.06. The van der Waals surface area contributed by atoms with Gasteiger partial charge in [0, 0.05) is 29.6 Å². The molecule has 0 spiro atoms. The van der Waals surface area contributed by atoms with E-state index in [1.54, 1.807) is 40.5 Å². The van der Waals surface area contributed by atoms with Crippen molar-refractivity contribution < 1.29 is 9.72 Å². The van der Waals surface area contributed by atoms with Crippen molar-refractivity contribution in [2.45, 2.75) is 6.54 Å². The summed E-state index contributed by atoms with van der Waals surface area (Å²) < 4.78 is 1.01. The van der Waals surface area contributed by atoms with Crippen molar-refractivity contribution in [2.75, 3.05) is 6.54 Å². The molecule has 1 heterocycles. The minimum Gasteiger partial charge on any atom is -0.330 e. The fraction of sp³-hybridized carbons (Fsp3) is 0.118. The molecule has 0 atom stereocenters. The Kier molecular flexibility index (Phi) is 6.45. The zero-order valence-electron chi connectivity index (χ0n) is 12.7. The van der Waals surface area contributed by atoms with Crippen molar-refractivity contribution in [2.24, 2.45) is 0 Å². The van der Waals surface area contributed by atoms with E-state index in [1.165, 1.54) is 18.2 Å². The molecule has 5 nitrogen and oxygen atoms in total. The van der Waals surface area contributed by atoms with Crippen LogP contribution in [0.3, 0.4) is 0 Å². The van der Waals surface area contributed by atoms with E-state index in [9.17, 15) is 14.9 Å². The fourth-order valence-corrected chi connectivity index (χ4v) is 3.53. The van der Waals surface area contributed by atoms with Gasteiger partial charge in [-0.15, -0.1) is 17.9 Å². The van der Waals surface area contributed by atoms with E-state index < -0.39 is 4.92 Å². The molecule has 0 saturated heterocycles. The van der Waals surface area contributed by atoms with E-state index in [1.807, 2.05) is 12.1 Å². The van der Waals surface area contributed by atoms with Crippen molar-refractivity contribution in [3.63, 3.8) is 0 Å². The lowest BCUT2D eigenvalue weighted by Crippen LogP contribution is -2.28. The first-order valence-corrected chi connectivity index (χ1v) is 8.67. The molecule has 0 saturated carbocycles. The summed E-state index contributed by atoms with van der Waals surface area (Å²) in [5, 5.41) is 10.8. The molecule has 1 amide bonds. The molecule has 2 rings (SSSR count). The molecule has 2 aromatic rings. The molecule has 124 valence electrons. The molecule has 0 aliphatic heterocycles. The van der Waals surface area contributed by atoms with E-state index in [0.717, 1.165) is 8.66 Å². The Hall–Kier alpha value is -2.25. The van der Waals surface area contributed by atoms with Crippen LogP contribution in [-0.4, -0.2) is 22.3 Å². The van der Waals surface area contributed by atoms with Gasteiger partial charge in [0.25, 0.3) is 5.69 Å². The second kappa shape index (κ2) is 8.56. The smallest absolute Gasteiger partial charge is 0.270 e. The average molecular weight is 407 g/mol. The number of nitro groups is 1. The summed E-state index contributed by atoms with van der Waals surface area (Å²) in [5.41, 5.74) is 0.603. The maximum absolute atomic E-state index is 12.4. The Morgan fingerprint density at radius 3 is 2.79 bits per heavy atom. The Morgan fingerprint density at radius 2 is 2.17 bits per heavy atom. The quantitative estimate of drug-likeness (QED) is 0.291. The second-order valence-corrected chi connectivity index (χ2v) is 7.45. The Labute approximate surface area is 152 Å². The van der Waals surface area contributed by atoms with Crippen LogP contribution in [0.4, 0.5) is 5.69 Å². The van der Waals surface area contributed by atoms with Crippen LogP contribution in [0.25, 0.3) is 6.08 Å². The molecule has 0 radical (unpaired) electrons. The van der Waals surface area contributed by atoms with Gasteiger partial charge in [0.2, 0.25) is 5.91 Å². The van der Waals surface area contributed by atoms with Crippen molar-refractivity contribution in [1.29, 1.82) is 0 Å². The van der Waals surface area contributed by atoms with Crippen molar-refractivity contribution >= 4 is 44.9 Å². The number of thiophene rings is 1. The number of nitrogens with zero attached hydrogens (tertiary/aromatic N) is 2. The van der Waals surface area contributed by atoms with Gasteiger partial charge >= 0.3 is 0 Å². The molecule has 0 fully saturated rings. The van der Waals surface area contributed by atoms with E-state index in [2.05, 4.69) is 22.5 Å². The summed E-state index contributed by atoms with van der Waals surface area (Å²) in [6.07, 6.45) is 4.67. The number of carbonyl (C=O) groups is 1. The number of amides is 1. The third-order valence-electron chi connectivity index (χ3n) is 3.14. The van der Waals surface area contributed by atoms with Gasteiger partial charge in [0.15, 0.2) is 0 Å². The summed E-state index contributed by atoms with van der Waals surface area (Å²) in [6.45, 7) is 4.59. The zero-order valence-corrected chi connectivity index (χ0v) is 15.1. The number of nitro benzene ring substituents is 1. The van der Waals surface area contributed by atoms with E-state index in [0.29, 0.717) is 18.7 Å². The lowest BCUT2D eigenvalue weighted by atomic mass is 10.2. The molecule has 0 aliphatic carbocycles. The van der Waals surface area contributed by atoms with Crippen LogP contribution >= 0.6 is 27.3 Å². The van der Waals surface area contributed by atoms with Gasteiger partial charge in [-0.2, -0.15) is 0 Å². The fourth-order valence-electron chi connectivity index (χ4n) is 2.03. The minimum atomic E-state index is -0.460. The van der Waals surface area contributed by atoms with Gasteiger partial charge in [-0.3, -0.25) is 14.9 Å². The number of hydrogen-bond donors (Lipinski definition) is 0. The SMILES string of the molecule is C=CCN(Cc1ccc(Br)s1)C(=O)/C=C/c1cccc([N+](=O)[O-])c1. The summed E-state index contributed by atoms with van der Waals surface area (Å²) in [7, 11) is 0. The van der Waals surface area contributed by atoms with Crippen molar-refractivity contribution in [3.8, 4) is 0 Å². The maximum atomic E-state index is 12.4. The van der Waals surface area contributed by atoms with Crippen molar-refractivity contribution in [3.05, 3.63) is 79.5 Å². The molecule has 0 N–H and O–H groups in total. The van der Waals surface area contributed by atoms with Crippen LogP contribution in [0.15, 0.2) is 58.9 Å². The largest absolute Gasteiger partial charge is 0.330 e. The number of hydrogen-bond acceptors (Lipinski definition) is 4. The first kappa shape index (κ1) is 18.1. The molecule has 1 aromatic heterocycles. The Balaban J connectivity index is 2.10. The normalized spacial score (nSPS) is 10.7. The highest BCUT2D eigenvalue weighted by Gasteiger charge is 2.11. The first-order chi connectivity index (χ1) is 11.5. The Morgan fingerprint density at radius 1 is 1.38 bits per heavy atom. The molecule has 1 aromatic carbocycles. The minimum absolute atomic E-state index is 0.00372. The van der Waals surface area contributed by atoms with Gasteiger partial charge < -0.3 is 4.90 Å². The predicted molar refractivity (Wildman–Crippen MR) is 99.8 cm³/mol. The van der Waals surface area contributed by atoms with E-state index >= 15 is 0 Å². The Bertz CT molecular complexity index is 786. The molecule has 24 heavy (non-hydrogen) atoms. The second-order valence-electron chi connectivity index (χ2n) is 4.90. The van der Waals surface area contributed by atoms with Gasteiger partial charge in [-0.25, -0.2) is 0 Å². The average Bonchev–Trinajstić information content (AvgIpc) is 2.97. The van der Waals surface area contributed by atoms with Crippen LogP contribution < -0.4 is 0 Å². The molecular formula is C17H15BrN2O3S. The van der Waals surface area contributed by atoms with Crippen molar-refractivity contribution in [1.82, 2.24) is 4.90 Å². The zero-order chi connectivity index (χ0) is 17.5. The van der Waals surface area contributed by atoms with Gasteiger partial charge in [0.1, 0.15) is 0 Å². The van der Waals surface area contributed by atoms with E-state index in [4.69, 9.17) is 0 Å². The lowest BCUT2D eigenvalue weighted by molar-refractivity contribution is -0.384. The number of benzene rings is 1. The molecule has 0 aliphatic rings. The van der Waals surface area contributed by atoms with Crippen LogP contribution in [0, 0.1) is 10.1 Å². The topological polar surface area (TPSA) is 63.5 Å². The number of halogens is 1. The highest BCUT2D eigenvalue weighted by molar-refractivity contribution is 9.11. The summed E-state index contributed by atoms with van der Waals surface area (Å²) in [4.78, 5) is 25.4. The van der Waals surface area contributed by atoms with E-state index in [-0.39, 0.29) is 11.6 Å². The highest BCUT2D eigenvalue weighted by atomic mass is 79.9. The van der Waals surface area contributed by atoms with Gasteiger partial charge in [0.05, 0.1) is 15.3 Å². The van der Waals surface area contributed by atoms with Gasteiger partial charge in [-0.1, -0.05) is 18.2 Å². The molecule has 7 heteroatoms. The highest BCUT2D eigenvalue weighted by Crippen LogP contribution is 2.23. The molecular weight excluding hydrogens is 392 g/mol. The number of carbonyl (C=O) groups excluding carboxylic acids is 1. The number of rotatable bonds is 7. The third-order valence-corrected chi connectivity index (χ3v) is 4.74. The summed E-state index contributed by atoms with van der Waals surface area (Å²) >= 11 is 4.97. The van der Waals surface area contributed by atoms with Crippen LogP contribution in [0.2, 0.25) is 0 Å². The monoisotopic (exact) mass is 406 g/mol. The number of non-ortho nitro benzene ring substituents is 1. The molecule has 0 unspecified atom stereocenters. The molecule has 0 bridgehead atoms. The lowest BCUT2D eigenvalue weighted by Gasteiger charge is -2.18. The standard InChI is InChI=1S/C17H15BrN2O3S/c1-2-10-19(12-15-7-8-16(18)24-15)17(21)9-6-13-4-3-5-14(11-13)20(22)23/h2-9,11H,1,10,12H2/b9-6+. The van der Waals surface area contributed by atoms with Gasteiger partial charge in [-0.05, 0) is 39.7 Å². The maximum Gasteiger partial charge on any atom is 0.270 e. The predicted octanol–water partition coefficient (Wildman–Crippen LogP) is 4.65. The third kappa shape index (κ3) is 5.14. The van der Waals surface area contributed by atoms with Crippen LogP contribution in [0.5, 0.6) is 0 Å². The van der Waals surface area contributed by atoms with Crippen LogP contribution in [-0.2, 0) is 11.3 Å².